The summed E-state index contributed by atoms with van der Waals surface area (Å²) in [7, 11) is 1.45. The molecular weight excluding hydrogens is 208 g/mol. The Hall–Kier alpha value is -2.17. The molecule has 5 heteroatoms. The zero-order valence-corrected chi connectivity index (χ0v) is 8.61. The second-order valence-corrected chi connectivity index (χ2v) is 3.45. The first-order chi connectivity index (χ1) is 7.65. The molecule has 0 saturated carbocycles. The third-order valence-electron chi connectivity index (χ3n) is 2.52. The molecule has 1 aromatic rings. The van der Waals surface area contributed by atoms with Gasteiger partial charge in [0.15, 0.2) is 0 Å². The van der Waals surface area contributed by atoms with Gasteiger partial charge < -0.3 is 5.32 Å². The van der Waals surface area contributed by atoms with Crippen molar-refractivity contribution >= 4 is 17.7 Å². The molecule has 0 saturated heterocycles. The summed E-state index contributed by atoms with van der Waals surface area (Å²) in [5.41, 5.74) is 0.825. The Balaban J connectivity index is 2.55. The van der Waals surface area contributed by atoms with E-state index in [2.05, 4.69) is 10.6 Å². The number of benzene rings is 1. The third-order valence-corrected chi connectivity index (χ3v) is 2.52. The maximum absolute atomic E-state index is 11.6. The predicted molar refractivity (Wildman–Crippen MR) is 55.7 cm³/mol. The van der Waals surface area contributed by atoms with E-state index in [1.807, 2.05) is 0 Å². The first kappa shape index (κ1) is 10.4. The van der Waals surface area contributed by atoms with Gasteiger partial charge in [-0.15, -0.1) is 0 Å². The number of imide groups is 1. The van der Waals surface area contributed by atoms with Crippen LogP contribution in [0.5, 0.6) is 0 Å². The normalized spacial score (nSPS) is 18.7. The van der Waals surface area contributed by atoms with Crippen molar-refractivity contribution in [3.05, 3.63) is 35.4 Å². The molecule has 2 N–H and O–H groups in total. The van der Waals surface area contributed by atoms with Crippen molar-refractivity contribution in [3.8, 4) is 0 Å². The molecule has 1 aliphatic rings. The smallest absolute Gasteiger partial charge is 0.258 e. The van der Waals surface area contributed by atoms with Crippen LogP contribution < -0.4 is 10.6 Å². The van der Waals surface area contributed by atoms with Crippen LogP contribution >= 0.6 is 0 Å². The van der Waals surface area contributed by atoms with Crippen molar-refractivity contribution in [1.29, 1.82) is 0 Å². The van der Waals surface area contributed by atoms with Gasteiger partial charge in [-0.3, -0.25) is 19.7 Å². The van der Waals surface area contributed by atoms with E-state index in [9.17, 15) is 14.4 Å². The highest BCUT2D eigenvalue weighted by Crippen LogP contribution is 2.24. The van der Waals surface area contributed by atoms with E-state index in [-0.39, 0.29) is 0 Å². The van der Waals surface area contributed by atoms with Gasteiger partial charge in [-0.1, -0.05) is 18.2 Å². The van der Waals surface area contributed by atoms with Crippen LogP contribution in [0.4, 0.5) is 0 Å². The van der Waals surface area contributed by atoms with Crippen LogP contribution in [0.2, 0.25) is 0 Å². The number of nitrogens with one attached hydrogen (secondary N) is 2. The summed E-state index contributed by atoms with van der Waals surface area (Å²) in [5, 5.41) is 4.57. The van der Waals surface area contributed by atoms with Crippen molar-refractivity contribution in [2.24, 2.45) is 0 Å². The van der Waals surface area contributed by atoms with Gasteiger partial charge in [-0.05, 0) is 11.6 Å². The standard InChI is InChI=1S/C11H10N2O3/c1-12-10(15)8-6-4-2-3-5-7(6)9(14)13-11(8)16/h2-5,8H,1H3,(H,12,15)(H,13,14,16). The molecule has 0 fully saturated rings. The zero-order chi connectivity index (χ0) is 11.7. The molecule has 1 aromatic carbocycles. The van der Waals surface area contributed by atoms with Crippen LogP contribution in [-0.4, -0.2) is 24.8 Å². The molecule has 16 heavy (non-hydrogen) atoms. The lowest BCUT2D eigenvalue weighted by atomic mass is 9.89. The SMILES string of the molecule is CNC(=O)C1C(=O)NC(=O)c2ccccc21. The quantitative estimate of drug-likeness (QED) is 0.505. The molecule has 0 aromatic heterocycles. The number of carbonyl (C=O) groups excluding carboxylic acids is 3. The van der Waals surface area contributed by atoms with E-state index >= 15 is 0 Å². The number of hydrogen-bond acceptors (Lipinski definition) is 3. The minimum atomic E-state index is -0.945. The molecular formula is C11H10N2O3. The number of likely N-dealkylation sites (N-methyl/N-ethyl adjacent to an activating group) is 1. The highest BCUT2D eigenvalue weighted by Gasteiger charge is 2.36. The number of rotatable bonds is 1. The van der Waals surface area contributed by atoms with Gasteiger partial charge in [-0.2, -0.15) is 0 Å². The van der Waals surface area contributed by atoms with Crippen molar-refractivity contribution in [1.82, 2.24) is 10.6 Å². The van der Waals surface area contributed by atoms with Gasteiger partial charge in [0.1, 0.15) is 5.92 Å². The van der Waals surface area contributed by atoms with Crippen LogP contribution in [-0.2, 0) is 9.59 Å². The minimum absolute atomic E-state index is 0.371. The third kappa shape index (κ3) is 1.46. The average Bonchev–Trinajstić information content (AvgIpc) is 2.28. The maximum atomic E-state index is 11.6. The first-order valence-electron chi connectivity index (χ1n) is 4.81. The van der Waals surface area contributed by atoms with Crippen LogP contribution in [0, 0.1) is 0 Å². The molecule has 0 spiro atoms. The average molecular weight is 218 g/mol. The number of carbonyl (C=O) groups is 3. The lowest BCUT2D eigenvalue weighted by Gasteiger charge is -2.22. The fourth-order valence-corrected chi connectivity index (χ4v) is 1.75. The highest BCUT2D eigenvalue weighted by molar-refractivity contribution is 6.18. The summed E-state index contributed by atoms with van der Waals surface area (Å²) in [4.78, 5) is 34.6. The van der Waals surface area contributed by atoms with Crippen LogP contribution in [0.25, 0.3) is 0 Å². The fourth-order valence-electron chi connectivity index (χ4n) is 1.75. The van der Waals surface area contributed by atoms with E-state index in [0.29, 0.717) is 11.1 Å². The highest BCUT2D eigenvalue weighted by atomic mass is 16.2. The zero-order valence-electron chi connectivity index (χ0n) is 8.61. The molecule has 1 heterocycles. The molecule has 0 bridgehead atoms. The topological polar surface area (TPSA) is 75.3 Å². The van der Waals surface area contributed by atoms with E-state index in [1.165, 1.54) is 7.05 Å². The Bertz CT molecular complexity index is 482. The van der Waals surface area contributed by atoms with Gasteiger partial charge in [-0.25, -0.2) is 0 Å². The Morgan fingerprint density at radius 1 is 1.31 bits per heavy atom. The summed E-state index contributed by atoms with van der Waals surface area (Å²) < 4.78 is 0. The Kier molecular flexibility index (Phi) is 2.44. The van der Waals surface area contributed by atoms with Gasteiger partial charge >= 0.3 is 0 Å². The molecule has 0 aliphatic carbocycles. The largest absolute Gasteiger partial charge is 0.358 e. The van der Waals surface area contributed by atoms with Crippen LogP contribution in [0.3, 0.4) is 0 Å². The molecule has 1 unspecified atom stereocenters. The van der Waals surface area contributed by atoms with Crippen LogP contribution in [0.15, 0.2) is 24.3 Å². The number of amides is 3. The summed E-state index contributed by atoms with van der Waals surface area (Å²) in [6, 6.07) is 6.59. The van der Waals surface area contributed by atoms with E-state index in [1.54, 1.807) is 24.3 Å². The van der Waals surface area contributed by atoms with Gasteiger partial charge in [0.05, 0.1) is 0 Å². The minimum Gasteiger partial charge on any atom is -0.358 e. The Morgan fingerprint density at radius 3 is 2.69 bits per heavy atom. The summed E-state index contributed by atoms with van der Waals surface area (Å²) in [5.74, 6) is -2.40. The summed E-state index contributed by atoms with van der Waals surface area (Å²) in [6.45, 7) is 0. The molecule has 1 aliphatic heterocycles. The van der Waals surface area contributed by atoms with Crippen molar-refractivity contribution in [2.75, 3.05) is 7.05 Å². The van der Waals surface area contributed by atoms with Crippen molar-refractivity contribution in [2.45, 2.75) is 5.92 Å². The van der Waals surface area contributed by atoms with E-state index < -0.39 is 23.6 Å². The Labute approximate surface area is 91.8 Å². The lowest BCUT2D eigenvalue weighted by molar-refractivity contribution is -0.131. The fraction of sp³-hybridized carbons (Fsp3) is 0.182. The van der Waals surface area contributed by atoms with Crippen molar-refractivity contribution in [3.63, 3.8) is 0 Å². The molecule has 82 valence electrons. The Morgan fingerprint density at radius 2 is 2.00 bits per heavy atom. The summed E-state index contributed by atoms with van der Waals surface area (Å²) in [6.07, 6.45) is 0. The van der Waals surface area contributed by atoms with Crippen molar-refractivity contribution < 1.29 is 14.4 Å². The maximum Gasteiger partial charge on any atom is 0.258 e. The molecule has 1 atom stereocenters. The van der Waals surface area contributed by atoms with Crippen LogP contribution in [0.1, 0.15) is 21.8 Å². The van der Waals surface area contributed by atoms with Gasteiger partial charge in [0.2, 0.25) is 11.8 Å². The van der Waals surface area contributed by atoms with Gasteiger partial charge in [0, 0.05) is 12.6 Å². The second kappa shape index (κ2) is 3.77. The lowest BCUT2D eigenvalue weighted by Crippen LogP contribution is -2.45. The van der Waals surface area contributed by atoms with Gasteiger partial charge in [0.25, 0.3) is 5.91 Å². The molecule has 0 radical (unpaired) electrons. The molecule has 2 rings (SSSR count). The molecule has 3 amide bonds. The monoisotopic (exact) mass is 218 g/mol. The predicted octanol–water partition coefficient (Wildman–Crippen LogP) is -0.214. The second-order valence-electron chi connectivity index (χ2n) is 3.45. The van der Waals surface area contributed by atoms with E-state index in [4.69, 9.17) is 0 Å². The van der Waals surface area contributed by atoms with E-state index in [0.717, 1.165) is 0 Å². The molecule has 5 nitrogen and oxygen atoms in total. The number of hydrogen-bond donors (Lipinski definition) is 2. The first-order valence-corrected chi connectivity index (χ1v) is 4.81. The summed E-state index contributed by atoms with van der Waals surface area (Å²) >= 11 is 0. The number of fused-ring (bicyclic) bond motifs is 1.